The molecule has 0 N–H and O–H groups in total. The van der Waals surface area contributed by atoms with Gasteiger partial charge in [-0.25, -0.2) is 9.50 Å². The Morgan fingerprint density at radius 2 is 1.88 bits per heavy atom. The molecule has 1 amide bonds. The Morgan fingerprint density at radius 3 is 2.58 bits per heavy atom. The molecule has 140 valence electrons. The molecule has 8 nitrogen and oxygen atoms in total. The predicted octanol–water partition coefficient (Wildman–Crippen LogP) is 1.56. The van der Waals surface area contributed by atoms with E-state index in [0.717, 1.165) is 49.3 Å². The number of piperidine rings is 1. The molecule has 0 bridgehead atoms. The number of aromatic nitrogens is 4. The fraction of sp³-hybridized carbons (Fsp3) is 0.588. The third kappa shape index (κ3) is 3.98. The lowest BCUT2D eigenvalue weighted by Gasteiger charge is -2.26. The first-order valence-electron chi connectivity index (χ1n) is 8.70. The van der Waals surface area contributed by atoms with Crippen LogP contribution in [0.1, 0.15) is 36.2 Å². The maximum absolute atomic E-state index is 12.2. The Bertz CT molecular complexity index is 829. The van der Waals surface area contributed by atoms with Gasteiger partial charge in [-0.15, -0.1) is 5.10 Å². The summed E-state index contributed by atoms with van der Waals surface area (Å²) in [7, 11) is 0. The molecule has 0 aromatic carbocycles. The van der Waals surface area contributed by atoms with Crippen LogP contribution in [0.5, 0.6) is 0 Å². The summed E-state index contributed by atoms with van der Waals surface area (Å²) in [6.45, 7) is 5.01. The van der Waals surface area contributed by atoms with Gasteiger partial charge in [0.25, 0.3) is 11.7 Å². The van der Waals surface area contributed by atoms with Gasteiger partial charge in [0.05, 0.1) is 6.42 Å². The van der Waals surface area contributed by atoms with Gasteiger partial charge in [-0.1, -0.05) is 11.8 Å². The molecule has 26 heavy (non-hydrogen) atoms. The van der Waals surface area contributed by atoms with E-state index in [1.807, 2.05) is 20.1 Å². The minimum atomic E-state index is -0.437. The number of carbonyl (C=O) groups is 2. The van der Waals surface area contributed by atoms with E-state index in [2.05, 4.69) is 15.1 Å². The van der Waals surface area contributed by atoms with Crippen molar-refractivity contribution < 1.29 is 14.3 Å². The van der Waals surface area contributed by atoms with Crippen molar-refractivity contribution in [2.24, 2.45) is 0 Å². The largest absolute Gasteiger partial charge is 0.455 e. The summed E-state index contributed by atoms with van der Waals surface area (Å²) in [5.41, 5.74) is 2.28. The molecule has 1 aliphatic heterocycles. The highest BCUT2D eigenvalue weighted by molar-refractivity contribution is 7.98. The van der Waals surface area contributed by atoms with Gasteiger partial charge in [0.15, 0.2) is 6.61 Å². The van der Waals surface area contributed by atoms with Crippen molar-refractivity contribution in [3.63, 3.8) is 0 Å². The molecule has 2 aromatic rings. The number of hydrogen-bond donors (Lipinski definition) is 0. The Hall–Kier alpha value is -2.16. The van der Waals surface area contributed by atoms with Crippen molar-refractivity contribution in [1.82, 2.24) is 24.5 Å². The summed E-state index contributed by atoms with van der Waals surface area (Å²) >= 11 is 1.44. The molecule has 0 aliphatic carbocycles. The van der Waals surface area contributed by atoms with Crippen molar-refractivity contribution in [1.29, 1.82) is 0 Å². The zero-order valence-electron chi connectivity index (χ0n) is 15.3. The first kappa shape index (κ1) is 18.6. The van der Waals surface area contributed by atoms with Crippen LogP contribution in [-0.2, 0) is 20.7 Å². The topological polar surface area (TPSA) is 89.7 Å². The molecule has 0 unspecified atom stereocenters. The van der Waals surface area contributed by atoms with Crippen molar-refractivity contribution in [3.05, 3.63) is 17.0 Å². The van der Waals surface area contributed by atoms with Crippen molar-refractivity contribution >= 4 is 29.4 Å². The number of thioether (sulfide) groups is 1. The monoisotopic (exact) mass is 377 g/mol. The Balaban J connectivity index is 1.66. The number of ether oxygens (including phenoxy) is 1. The summed E-state index contributed by atoms with van der Waals surface area (Å²) in [6, 6.07) is 0. The number of nitrogens with zero attached hydrogens (tertiary/aromatic N) is 5. The number of amides is 1. The second-order valence-corrected chi connectivity index (χ2v) is 7.12. The molecule has 1 aliphatic rings. The molecule has 0 saturated carbocycles. The summed E-state index contributed by atoms with van der Waals surface area (Å²) in [5, 5.41) is 5.00. The van der Waals surface area contributed by atoms with Crippen molar-refractivity contribution in [2.45, 2.75) is 44.7 Å². The van der Waals surface area contributed by atoms with E-state index >= 15 is 0 Å². The van der Waals surface area contributed by atoms with Crippen LogP contribution in [0.2, 0.25) is 0 Å². The van der Waals surface area contributed by atoms with E-state index < -0.39 is 5.97 Å². The quantitative estimate of drug-likeness (QED) is 0.577. The number of aryl methyl sites for hydroxylation is 2. The predicted molar refractivity (Wildman–Crippen MR) is 97.1 cm³/mol. The van der Waals surface area contributed by atoms with E-state index in [-0.39, 0.29) is 18.9 Å². The standard InChI is InChI=1S/C17H23N5O3S/c1-11-13(12(2)22-16(18-11)19-17(20-22)26-3)9-15(24)25-10-14(23)21-7-5-4-6-8-21/h4-10H2,1-3H3. The summed E-state index contributed by atoms with van der Waals surface area (Å²) in [6.07, 6.45) is 5.13. The minimum Gasteiger partial charge on any atom is -0.455 e. The average Bonchev–Trinajstić information content (AvgIpc) is 3.07. The summed E-state index contributed by atoms with van der Waals surface area (Å²) in [4.78, 5) is 34.8. The lowest BCUT2D eigenvalue weighted by molar-refractivity contribution is -0.151. The van der Waals surface area contributed by atoms with Crippen LogP contribution in [0.25, 0.3) is 5.78 Å². The fourth-order valence-corrected chi connectivity index (χ4v) is 3.44. The number of carbonyl (C=O) groups excluding carboxylic acids is 2. The molecule has 9 heteroatoms. The second-order valence-electron chi connectivity index (χ2n) is 6.35. The maximum Gasteiger partial charge on any atom is 0.310 e. The number of likely N-dealkylation sites (tertiary alicyclic amines) is 1. The normalized spacial score (nSPS) is 14.7. The van der Waals surface area contributed by atoms with Gasteiger partial charge in [0.2, 0.25) is 5.16 Å². The summed E-state index contributed by atoms with van der Waals surface area (Å²) < 4.78 is 6.84. The summed E-state index contributed by atoms with van der Waals surface area (Å²) in [5.74, 6) is -0.0457. The SMILES string of the molecule is CSc1nc2nc(C)c(CC(=O)OCC(=O)N3CCCCC3)c(C)n2n1. The van der Waals surface area contributed by atoms with Gasteiger partial charge in [-0.3, -0.25) is 9.59 Å². The molecule has 3 heterocycles. The van der Waals surface area contributed by atoms with E-state index in [1.165, 1.54) is 11.8 Å². The minimum absolute atomic E-state index is 0.0579. The van der Waals surface area contributed by atoms with E-state index in [1.54, 1.807) is 9.42 Å². The van der Waals surface area contributed by atoms with Gasteiger partial charge in [-0.2, -0.15) is 4.98 Å². The number of hydrogen-bond acceptors (Lipinski definition) is 7. The van der Waals surface area contributed by atoms with E-state index in [0.29, 0.717) is 10.9 Å². The third-order valence-electron chi connectivity index (χ3n) is 4.60. The molecule has 1 saturated heterocycles. The molecule has 0 radical (unpaired) electrons. The highest BCUT2D eigenvalue weighted by Gasteiger charge is 2.20. The molecular formula is C17H23N5O3S. The highest BCUT2D eigenvalue weighted by Crippen LogP contribution is 2.17. The number of esters is 1. The fourth-order valence-electron chi connectivity index (χ4n) is 3.10. The van der Waals surface area contributed by atoms with Crippen molar-refractivity contribution in [2.75, 3.05) is 26.0 Å². The third-order valence-corrected chi connectivity index (χ3v) is 5.14. The van der Waals surface area contributed by atoms with Gasteiger partial charge in [0, 0.05) is 30.0 Å². The van der Waals surface area contributed by atoms with E-state index in [4.69, 9.17) is 4.74 Å². The zero-order chi connectivity index (χ0) is 18.7. The van der Waals surface area contributed by atoms with Crippen LogP contribution in [0, 0.1) is 13.8 Å². The van der Waals surface area contributed by atoms with Crippen LogP contribution in [0.4, 0.5) is 0 Å². The maximum atomic E-state index is 12.2. The van der Waals surface area contributed by atoms with Crippen LogP contribution in [-0.4, -0.2) is 62.3 Å². The van der Waals surface area contributed by atoms with Crippen LogP contribution in [0.3, 0.4) is 0 Å². The van der Waals surface area contributed by atoms with Crippen LogP contribution in [0.15, 0.2) is 5.16 Å². The Labute approximate surface area is 156 Å². The lowest BCUT2D eigenvalue weighted by Crippen LogP contribution is -2.38. The zero-order valence-corrected chi connectivity index (χ0v) is 16.1. The molecule has 0 spiro atoms. The van der Waals surface area contributed by atoms with E-state index in [9.17, 15) is 9.59 Å². The molecule has 3 rings (SSSR count). The molecular weight excluding hydrogens is 354 g/mol. The number of fused-ring (bicyclic) bond motifs is 1. The van der Waals surface area contributed by atoms with Gasteiger partial charge >= 0.3 is 5.97 Å². The van der Waals surface area contributed by atoms with Gasteiger partial charge in [-0.05, 0) is 39.4 Å². The molecule has 0 atom stereocenters. The molecule has 2 aromatic heterocycles. The van der Waals surface area contributed by atoms with Crippen LogP contribution < -0.4 is 0 Å². The highest BCUT2D eigenvalue weighted by atomic mass is 32.2. The van der Waals surface area contributed by atoms with Crippen molar-refractivity contribution in [3.8, 4) is 0 Å². The second kappa shape index (κ2) is 8.03. The number of rotatable bonds is 5. The van der Waals surface area contributed by atoms with Gasteiger partial charge in [0.1, 0.15) is 0 Å². The lowest BCUT2D eigenvalue weighted by atomic mass is 10.1. The Morgan fingerprint density at radius 1 is 1.15 bits per heavy atom. The first-order valence-corrected chi connectivity index (χ1v) is 9.92. The molecule has 1 fully saturated rings. The van der Waals surface area contributed by atoms with Crippen LogP contribution >= 0.6 is 11.8 Å². The smallest absolute Gasteiger partial charge is 0.310 e. The Kier molecular flexibility index (Phi) is 5.75. The first-order chi connectivity index (χ1) is 12.5. The average molecular weight is 377 g/mol. The van der Waals surface area contributed by atoms with Gasteiger partial charge < -0.3 is 9.64 Å².